The van der Waals surface area contributed by atoms with E-state index in [1.807, 2.05) is 0 Å². The molecule has 1 heterocycles. The van der Waals surface area contributed by atoms with Gasteiger partial charge >= 0.3 is 18.1 Å². The van der Waals surface area contributed by atoms with Crippen molar-refractivity contribution < 1.29 is 36.1 Å². The topological polar surface area (TPSA) is 25.1 Å². The van der Waals surface area contributed by atoms with Crippen LogP contribution in [-0.2, 0) is 9.78 Å². The molecular formula is C3F6O2. The molecule has 0 aliphatic carbocycles. The van der Waals surface area contributed by atoms with Gasteiger partial charge in [0.2, 0.25) is 0 Å². The average molecular weight is 182 g/mol. The Hall–Kier alpha value is -0.500. The van der Waals surface area contributed by atoms with E-state index in [9.17, 15) is 26.3 Å². The van der Waals surface area contributed by atoms with E-state index in [1.165, 1.54) is 0 Å². The zero-order valence-corrected chi connectivity index (χ0v) is 4.58. The summed E-state index contributed by atoms with van der Waals surface area (Å²) in [6, 6.07) is 0. The van der Waals surface area contributed by atoms with Gasteiger partial charge in [0.15, 0.2) is 0 Å². The number of hydrogen-bond donors (Lipinski definition) is 0. The first-order valence-electron chi connectivity index (χ1n) is 2.21. The third kappa shape index (κ3) is 1.06. The van der Waals surface area contributed by atoms with E-state index in [-0.39, 0.29) is 0 Å². The fraction of sp³-hybridized carbons (Fsp3) is 1.00. The Morgan fingerprint density at radius 2 is 1.00 bits per heavy atom. The Bertz CT molecular complexity index is 148. The van der Waals surface area contributed by atoms with Crippen molar-refractivity contribution in [2.24, 2.45) is 0 Å². The van der Waals surface area contributed by atoms with Gasteiger partial charge in [-0.1, -0.05) is 0 Å². The van der Waals surface area contributed by atoms with Crippen molar-refractivity contribution in [1.29, 1.82) is 0 Å². The van der Waals surface area contributed by atoms with Gasteiger partial charge in [0.25, 0.3) is 0 Å². The minimum absolute atomic E-state index is 2.88. The van der Waals surface area contributed by atoms with Crippen LogP contribution in [-0.4, -0.2) is 18.1 Å². The summed E-state index contributed by atoms with van der Waals surface area (Å²) in [6.07, 6.45) is -11.2. The number of halogens is 6. The summed E-state index contributed by atoms with van der Waals surface area (Å²) in [5, 5.41) is 0. The Morgan fingerprint density at radius 3 is 1.00 bits per heavy atom. The van der Waals surface area contributed by atoms with Crippen LogP contribution < -0.4 is 0 Å². The van der Waals surface area contributed by atoms with E-state index in [2.05, 4.69) is 9.78 Å². The summed E-state index contributed by atoms with van der Waals surface area (Å²) < 4.78 is 68.5. The normalized spacial score (nSPS) is 23.5. The maximum Gasteiger partial charge on any atom is 0.459 e. The molecule has 0 N–H and O–H groups in total. The molecule has 1 saturated heterocycles. The Labute approximate surface area is 55.6 Å². The second-order valence-electron chi connectivity index (χ2n) is 1.78. The third-order valence-corrected chi connectivity index (χ3v) is 0.996. The van der Waals surface area contributed by atoms with Crippen LogP contribution in [0.3, 0.4) is 0 Å². The minimum Gasteiger partial charge on any atom is -0.174 e. The first kappa shape index (κ1) is 8.60. The van der Waals surface area contributed by atoms with E-state index in [0.29, 0.717) is 0 Å². The maximum atomic E-state index is 11.4. The largest absolute Gasteiger partial charge is 0.459 e. The summed E-state index contributed by atoms with van der Waals surface area (Å²) >= 11 is 0. The lowest BCUT2D eigenvalue weighted by Gasteiger charge is -2.13. The van der Waals surface area contributed by atoms with Crippen LogP contribution in [0.15, 0.2) is 0 Å². The van der Waals surface area contributed by atoms with Crippen molar-refractivity contribution in [3.63, 3.8) is 0 Å². The van der Waals surface area contributed by atoms with Crippen molar-refractivity contribution >= 4 is 0 Å². The molecule has 8 heteroatoms. The zero-order chi connectivity index (χ0) is 8.91. The summed E-state index contributed by atoms with van der Waals surface area (Å²) in [7, 11) is 0. The lowest BCUT2D eigenvalue weighted by molar-refractivity contribution is -0.302. The van der Waals surface area contributed by atoms with Crippen LogP contribution in [0.1, 0.15) is 0 Å². The summed E-state index contributed by atoms with van der Waals surface area (Å²) in [6.45, 7) is 0. The molecule has 0 spiro atoms. The van der Waals surface area contributed by atoms with Crippen LogP contribution >= 0.6 is 0 Å². The molecule has 0 atom stereocenters. The molecule has 0 aromatic rings. The molecule has 0 radical (unpaired) electrons. The molecule has 1 fully saturated rings. The van der Waals surface area contributed by atoms with Gasteiger partial charge in [-0.15, -0.1) is 0 Å². The molecule has 0 saturated carbocycles. The Morgan fingerprint density at radius 1 is 0.727 bits per heavy atom. The maximum absolute atomic E-state index is 11.4. The van der Waals surface area contributed by atoms with Crippen LogP contribution in [0.2, 0.25) is 0 Å². The average Bonchev–Trinajstić information content (AvgIpc) is 2.31. The van der Waals surface area contributed by atoms with Crippen molar-refractivity contribution in [1.82, 2.24) is 0 Å². The van der Waals surface area contributed by atoms with Crippen LogP contribution in [0.4, 0.5) is 26.3 Å². The zero-order valence-electron chi connectivity index (χ0n) is 4.58. The van der Waals surface area contributed by atoms with E-state index >= 15 is 0 Å². The Kier molecular flexibility index (Phi) is 1.41. The highest BCUT2D eigenvalue weighted by Gasteiger charge is 2.85. The molecule has 0 amide bonds. The molecule has 1 aliphatic rings. The van der Waals surface area contributed by atoms with Gasteiger partial charge in [0.1, 0.15) is 0 Å². The van der Waals surface area contributed by atoms with Crippen LogP contribution in [0.5, 0.6) is 0 Å². The quantitative estimate of drug-likeness (QED) is 0.324. The molecular weight excluding hydrogens is 182 g/mol. The lowest BCUT2D eigenvalue weighted by atomic mass is 10.3. The highest BCUT2D eigenvalue weighted by molar-refractivity contribution is 4.90. The molecule has 2 nitrogen and oxygen atoms in total. The van der Waals surface area contributed by atoms with E-state index in [4.69, 9.17) is 0 Å². The second-order valence-corrected chi connectivity index (χ2v) is 1.78. The second kappa shape index (κ2) is 1.81. The summed E-state index contributed by atoms with van der Waals surface area (Å²) in [5.74, 6) is -4.38. The summed E-state index contributed by atoms with van der Waals surface area (Å²) in [5.41, 5.74) is 0. The van der Waals surface area contributed by atoms with Gasteiger partial charge in [-0.05, 0) is 0 Å². The molecule has 0 unspecified atom stereocenters. The predicted molar refractivity (Wildman–Crippen MR) is 17.0 cm³/mol. The van der Waals surface area contributed by atoms with E-state index < -0.39 is 18.1 Å². The lowest BCUT2D eigenvalue weighted by Crippen LogP contribution is -2.45. The first-order valence-corrected chi connectivity index (χ1v) is 2.21. The highest BCUT2D eigenvalue weighted by atomic mass is 19.4. The van der Waals surface area contributed by atoms with Gasteiger partial charge in [-0.25, -0.2) is 0 Å². The number of rotatable bonds is 0. The van der Waals surface area contributed by atoms with Gasteiger partial charge < -0.3 is 0 Å². The van der Waals surface area contributed by atoms with Gasteiger partial charge in [0, 0.05) is 0 Å². The summed E-state index contributed by atoms with van der Waals surface area (Å²) in [4.78, 5) is 5.75. The van der Waals surface area contributed by atoms with Gasteiger partial charge in [-0.3, -0.25) is 0 Å². The monoisotopic (exact) mass is 182 g/mol. The highest BCUT2D eigenvalue weighted by Crippen LogP contribution is 2.55. The van der Waals surface area contributed by atoms with Crippen molar-refractivity contribution in [3.05, 3.63) is 0 Å². The molecule has 1 rings (SSSR count). The van der Waals surface area contributed by atoms with Crippen LogP contribution in [0, 0.1) is 0 Å². The fourth-order valence-electron chi connectivity index (χ4n) is 0.391. The fourth-order valence-corrected chi connectivity index (χ4v) is 0.391. The number of hydrogen-bond acceptors (Lipinski definition) is 2. The Balaban J connectivity index is 2.85. The number of alkyl halides is 6. The standard InChI is InChI=1S/C3F6O2/c4-2(5,6)1(10-11-1)3(7,8)9. The molecule has 1 aliphatic heterocycles. The van der Waals surface area contributed by atoms with E-state index in [0.717, 1.165) is 0 Å². The van der Waals surface area contributed by atoms with Crippen LogP contribution in [0.25, 0.3) is 0 Å². The van der Waals surface area contributed by atoms with Gasteiger partial charge in [0.05, 0.1) is 0 Å². The van der Waals surface area contributed by atoms with Crippen molar-refractivity contribution in [3.8, 4) is 0 Å². The van der Waals surface area contributed by atoms with Gasteiger partial charge in [-0.2, -0.15) is 36.1 Å². The van der Waals surface area contributed by atoms with Crippen molar-refractivity contribution in [2.45, 2.75) is 18.1 Å². The molecule has 0 bridgehead atoms. The smallest absolute Gasteiger partial charge is 0.174 e. The minimum atomic E-state index is -5.58. The predicted octanol–water partition coefficient (Wildman–Crippen LogP) is 1.77. The molecule has 66 valence electrons. The molecule has 11 heavy (non-hydrogen) atoms. The SMILES string of the molecule is FC(F)(F)C1(C(F)(F)F)OO1. The first-order chi connectivity index (χ1) is 4.71. The van der Waals surface area contributed by atoms with Crippen molar-refractivity contribution in [2.75, 3.05) is 0 Å². The van der Waals surface area contributed by atoms with E-state index in [1.54, 1.807) is 0 Å². The third-order valence-electron chi connectivity index (χ3n) is 0.996. The molecule has 0 aromatic carbocycles. The molecule has 0 aromatic heterocycles.